The van der Waals surface area contributed by atoms with Crippen LogP contribution in [0, 0.1) is 0 Å². The van der Waals surface area contributed by atoms with Crippen molar-refractivity contribution in [1.82, 2.24) is 0 Å². The van der Waals surface area contributed by atoms with Crippen LogP contribution in [-0.4, -0.2) is 18.4 Å². The molecule has 0 aliphatic heterocycles. The van der Waals surface area contributed by atoms with Gasteiger partial charge in [-0.05, 0) is 30.7 Å². The standard InChI is InChI=1S/C22H18N2O4S/c1-2-27-16-10-6-9-14-11-17(28-19(14)16)21(26)24-22-15(20(23)25)12-18(29-22)13-7-4-3-5-8-13/h3-12H,2H2,1H3,(H2,23,25)(H,24,26). The molecule has 2 aromatic heterocycles. The van der Waals surface area contributed by atoms with Crippen molar-refractivity contribution in [2.24, 2.45) is 5.73 Å². The summed E-state index contributed by atoms with van der Waals surface area (Å²) in [6.07, 6.45) is 0. The number of amides is 2. The summed E-state index contributed by atoms with van der Waals surface area (Å²) in [6, 6.07) is 18.4. The fourth-order valence-electron chi connectivity index (χ4n) is 2.99. The minimum absolute atomic E-state index is 0.122. The first-order chi connectivity index (χ1) is 14.1. The number of benzene rings is 2. The summed E-state index contributed by atoms with van der Waals surface area (Å²) in [5.41, 5.74) is 7.21. The van der Waals surface area contributed by atoms with Crippen molar-refractivity contribution >= 4 is 39.1 Å². The zero-order chi connectivity index (χ0) is 20.4. The van der Waals surface area contributed by atoms with E-state index >= 15 is 0 Å². The number of nitrogens with one attached hydrogen (secondary N) is 1. The number of hydrogen-bond acceptors (Lipinski definition) is 5. The summed E-state index contributed by atoms with van der Waals surface area (Å²) >= 11 is 1.28. The molecule has 0 saturated carbocycles. The predicted octanol–water partition coefficient (Wildman–Crippen LogP) is 4.91. The van der Waals surface area contributed by atoms with Crippen molar-refractivity contribution in [2.75, 3.05) is 11.9 Å². The Labute approximate surface area is 170 Å². The molecule has 2 amide bonds. The van der Waals surface area contributed by atoms with Crippen molar-refractivity contribution in [3.8, 4) is 16.2 Å². The molecule has 0 fully saturated rings. The Balaban J connectivity index is 1.66. The Hall–Kier alpha value is -3.58. The molecule has 2 heterocycles. The average molecular weight is 406 g/mol. The molecule has 4 rings (SSSR count). The monoisotopic (exact) mass is 406 g/mol. The van der Waals surface area contributed by atoms with Gasteiger partial charge in [0.05, 0.1) is 12.2 Å². The third-order valence-corrected chi connectivity index (χ3v) is 5.41. The van der Waals surface area contributed by atoms with E-state index in [9.17, 15) is 9.59 Å². The molecule has 3 N–H and O–H groups in total. The van der Waals surface area contributed by atoms with Crippen LogP contribution < -0.4 is 15.8 Å². The van der Waals surface area contributed by atoms with Crippen LogP contribution in [0.4, 0.5) is 5.00 Å². The van der Waals surface area contributed by atoms with E-state index in [0.29, 0.717) is 22.9 Å². The van der Waals surface area contributed by atoms with Crippen molar-refractivity contribution in [2.45, 2.75) is 6.92 Å². The molecular weight excluding hydrogens is 388 g/mol. The molecule has 0 saturated heterocycles. The number of carbonyl (C=O) groups excluding carboxylic acids is 2. The van der Waals surface area contributed by atoms with Crippen LogP contribution in [-0.2, 0) is 0 Å². The smallest absolute Gasteiger partial charge is 0.292 e. The molecule has 146 valence electrons. The average Bonchev–Trinajstić information content (AvgIpc) is 3.34. The van der Waals surface area contributed by atoms with Crippen molar-refractivity contribution in [1.29, 1.82) is 0 Å². The van der Waals surface area contributed by atoms with Crippen LogP contribution in [0.15, 0.2) is 65.1 Å². The highest BCUT2D eigenvalue weighted by atomic mass is 32.1. The largest absolute Gasteiger partial charge is 0.490 e. The number of ether oxygens (including phenoxy) is 1. The van der Waals surface area contributed by atoms with Gasteiger partial charge in [-0.25, -0.2) is 0 Å². The summed E-state index contributed by atoms with van der Waals surface area (Å²) in [6.45, 7) is 2.36. The van der Waals surface area contributed by atoms with E-state index in [0.717, 1.165) is 15.8 Å². The lowest BCUT2D eigenvalue weighted by molar-refractivity contribution is 0.0999. The first kappa shape index (κ1) is 18.8. The van der Waals surface area contributed by atoms with Gasteiger partial charge in [-0.15, -0.1) is 11.3 Å². The SMILES string of the molecule is CCOc1cccc2cc(C(=O)Nc3sc(-c4ccccc4)cc3C(N)=O)oc12. The Bertz CT molecular complexity index is 1190. The number of thiophene rings is 1. The molecule has 6 nitrogen and oxygen atoms in total. The molecule has 0 aliphatic carbocycles. The number of nitrogens with two attached hydrogens (primary N) is 1. The van der Waals surface area contributed by atoms with Gasteiger partial charge in [0.15, 0.2) is 17.1 Å². The number of carbonyl (C=O) groups is 2. The first-order valence-corrected chi connectivity index (χ1v) is 9.84. The highest BCUT2D eigenvalue weighted by Gasteiger charge is 2.20. The molecule has 7 heteroatoms. The van der Waals surface area contributed by atoms with Crippen molar-refractivity contribution in [3.63, 3.8) is 0 Å². The number of furan rings is 1. The van der Waals surface area contributed by atoms with E-state index in [4.69, 9.17) is 14.9 Å². The minimum Gasteiger partial charge on any atom is -0.490 e. The summed E-state index contributed by atoms with van der Waals surface area (Å²) in [4.78, 5) is 25.5. The minimum atomic E-state index is -0.609. The quantitative estimate of drug-likeness (QED) is 0.476. The second-order valence-corrected chi connectivity index (χ2v) is 7.31. The number of para-hydroxylation sites is 1. The van der Waals surface area contributed by atoms with Gasteiger partial charge in [-0.2, -0.15) is 0 Å². The topological polar surface area (TPSA) is 94.6 Å². The molecule has 0 bridgehead atoms. The van der Waals surface area contributed by atoms with Crippen LogP contribution in [0.25, 0.3) is 21.4 Å². The molecular formula is C22H18N2O4S. The van der Waals surface area contributed by atoms with E-state index in [2.05, 4.69) is 5.32 Å². The van der Waals surface area contributed by atoms with Gasteiger partial charge in [-0.1, -0.05) is 42.5 Å². The van der Waals surface area contributed by atoms with Crippen LogP contribution in [0.2, 0.25) is 0 Å². The van der Waals surface area contributed by atoms with Crippen molar-refractivity contribution < 1.29 is 18.7 Å². The molecule has 0 unspecified atom stereocenters. The van der Waals surface area contributed by atoms with Gasteiger partial charge in [0.1, 0.15) is 5.00 Å². The third-order valence-electron chi connectivity index (χ3n) is 4.31. The Kier molecular flexibility index (Phi) is 5.05. The highest BCUT2D eigenvalue weighted by Crippen LogP contribution is 2.36. The maximum atomic E-state index is 12.8. The van der Waals surface area contributed by atoms with Gasteiger partial charge in [0.25, 0.3) is 11.8 Å². The molecule has 0 radical (unpaired) electrons. The Morgan fingerprint density at radius 2 is 1.90 bits per heavy atom. The highest BCUT2D eigenvalue weighted by molar-refractivity contribution is 7.20. The lowest BCUT2D eigenvalue weighted by Gasteiger charge is -2.03. The second-order valence-electron chi connectivity index (χ2n) is 6.26. The number of hydrogen-bond donors (Lipinski definition) is 2. The summed E-state index contributed by atoms with van der Waals surface area (Å²) in [5, 5.41) is 3.89. The maximum Gasteiger partial charge on any atom is 0.292 e. The summed E-state index contributed by atoms with van der Waals surface area (Å²) < 4.78 is 11.3. The molecule has 4 aromatic rings. The predicted molar refractivity (Wildman–Crippen MR) is 114 cm³/mol. The van der Waals surface area contributed by atoms with Crippen LogP contribution >= 0.6 is 11.3 Å². The molecule has 0 spiro atoms. The Morgan fingerprint density at radius 3 is 2.62 bits per heavy atom. The van der Waals surface area contributed by atoms with E-state index in [1.165, 1.54) is 11.3 Å². The Morgan fingerprint density at radius 1 is 1.10 bits per heavy atom. The fraction of sp³-hybridized carbons (Fsp3) is 0.0909. The third kappa shape index (κ3) is 3.72. The second kappa shape index (κ2) is 7.81. The first-order valence-electron chi connectivity index (χ1n) is 9.02. The summed E-state index contributed by atoms with van der Waals surface area (Å²) in [5.74, 6) is -0.379. The normalized spacial score (nSPS) is 10.8. The number of fused-ring (bicyclic) bond motifs is 1. The van der Waals surface area contributed by atoms with Crippen LogP contribution in [0.1, 0.15) is 27.8 Å². The van der Waals surface area contributed by atoms with Gasteiger partial charge in [0.2, 0.25) is 0 Å². The zero-order valence-corrected chi connectivity index (χ0v) is 16.4. The molecule has 0 atom stereocenters. The molecule has 2 aromatic carbocycles. The lowest BCUT2D eigenvalue weighted by Crippen LogP contribution is -2.16. The lowest BCUT2D eigenvalue weighted by atomic mass is 10.1. The number of primary amides is 1. The van der Waals surface area contributed by atoms with E-state index in [1.54, 1.807) is 18.2 Å². The summed E-state index contributed by atoms with van der Waals surface area (Å²) in [7, 11) is 0. The van der Waals surface area contributed by atoms with Crippen molar-refractivity contribution in [3.05, 3.63) is 72.0 Å². The number of rotatable bonds is 6. The number of anilines is 1. The van der Waals surface area contributed by atoms with E-state index in [-0.39, 0.29) is 11.3 Å². The van der Waals surface area contributed by atoms with Gasteiger partial charge in [0, 0.05) is 10.3 Å². The van der Waals surface area contributed by atoms with E-state index < -0.39 is 11.8 Å². The van der Waals surface area contributed by atoms with Gasteiger partial charge in [-0.3, -0.25) is 9.59 Å². The zero-order valence-electron chi connectivity index (χ0n) is 15.6. The van der Waals surface area contributed by atoms with E-state index in [1.807, 2.05) is 49.4 Å². The van der Waals surface area contributed by atoms with Crippen LogP contribution in [0.5, 0.6) is 5.75 Å². The van der Waals surface area contributed by atoms with Crippen LogP contribution in [0.3, 0.4) is 0 Å². The van der Waals surface area contributed by atoms with Gasteiger partial charge >= 0.3 is 0 Å². The molecule has 0 aliphatic rings. The van der Waals surface area contributed by atoms with Gasteiger partial charge < -0.3 is 20.2 Å². The fourth-order valence-corrected chi connectivity index (χ4v) is 4.06. The molecule has 29 heavy (non-hydrogen) atoms. The maximum absolute atomic E-state index is 12.8.